The molecule has 0 radical (unpaired) electrons. The highest BCUT2D eigenvalue weighted by Gasteiger charge is 2.32. The van der Waals surface area contributed by atoms with Gasteiger partial charge in [-0.2, -0.15) is 0 Å². The Hall–Kier alpha value is -4.09. The van der Waals surface area contributed by atoms with Crippen LogP contribution in [0.3, 0.4) is 0 Å². The minimum atomic E-state index is -4.73. The molecule has 0 atom stereocenters. The van der Waals surface area contributed by atoms with Crippen molar-refractivity contribution in [2.45, 2.75) is 44.1 Å². The van der Waals surface area contributed by atoms with Crippen LogP contribution < -0.4 is 9.47 Å². The fraction of sp³-hybridized carbons (Fsp3) is 0.333. The molecule has 0 N–H and O–H groups in total. The highest BCUT2D eigenvalue weighted by molar-refractivity contribution is 5.92. The van der Waals surface area contributed by atoms with E-state index in [1.165, 1.54) is 31.3 Å². The highest BCUT2D eigenvalue weighted by Crippen LogP contribution is 2.36. The lowest BCUT2D eigenvalue weighted by atomic mass is 9.83. The summed E-state index contributed by atoms with van der Waals surface area (Å²) in [6.07, 6.45) is -2.30. The molecule has 2 aromatic carbocycles. The molecule has 12 heteroatoms. The number of halogens is 3. The smallest absolute Gasteiger partial charge is 0.472 e. The van der Waals surface area contributed by atoms with E-state index in [4.69, 9.17) is 4.74 Å². The van der Waals surface area contributed by atoms with Crippen LogP contribution in [0.1, 0.15) is 58.0 Å². The summed E-state index contributed by atoms with van der Waals surface area (Å²) >= 11 is 0. The number of aryl methyl sites for hydroxylation is 1. The first-order valence-electron chi connectivity index (χ1n) is 11.1. The lowest BCUT2D eigenvalue weighted by molar-refractivity contribution is -0.274. The van der Waals surface area contributed by atoms with E-state index >= 15 is 0 Å². The normalized spacial score (nSPS) is 17.8. The summed E-state index contributed by atoms with van der Waals surface area (Å²) in [5.74, 6) is -1.99. The molecular formula is C24H22F3N3O6. The number of hydrogen-bond acceptors (Lipinski definition) is 8. The van der Waals surface area contributed by atoms with Crippen LogP contribution in [0.2, 0.25) is 0 Å². The van der Waals surface area contributed by atoms with Gasteiger partial charge >= 0.3 is 18.3 Å². The van der Waals surface area contributed by atoms with E-state index in [1.807, 2.05) is 0 Å². The van der Waals surface area contributed by atoms with Crippen LogP contribution in [0.15, 0.2) is 54.6 Å². The molecule has 0 amide bonds. The lowest BCUT2D eigenvalue weighted by Gasteiger charge is -2.28. The van der Waals surface area contributed by atoms with Gasteiger partial charge in [0.25, 0.3) is 5.88 Å². The van der Waals surface area contributed by atoms with Gasteiger partial charge in [-0.15, -0.1) is 13.2 Å². The van der Waals surface area contributed by atoms with Crippen molar-refractivity contribution in [3.05, 3.63) is 71.4 Å². The van der Waals surface area contributed by atoms with Gasteiger partial charge in [0, 0.05) is 7.05 Å². The first-order chi connectivity index (χ1) is 17.2. The maximum absolute atomic E-state index is 12.5. The Morgan fingerprint density at radius 3 is 2.19 bits per heavy atom. The zero-order valence-corrected chi connectivity index (χ0v) is 19.1. The minimum absolute atomic E-state index is 0.0460. The maximum Gasteiger partial charge on any atom is 0.573 e. The van der Waals surface area contributed by atoms with E-state index < -0.39 is 18.3 Å². The first-order valence-corrected chi connectivity index (χ1v) is 11.1. The molecule has 0 aliphatic heterocycles. The molecule has 4 rings (SSSR count). The predicted molar refractivity (Wildman–Crippen MR) is 117 cm³/mol. The maximum atomic E-state index is 12.5. The number of carbonyl (C=O) groups excluding carboxylic acids is 2. The summed E-state index contributed by atoms with van der Waals surface area (Å²) in [6.45, 7) is 0. The number of ether oxygens (including phenoxy) is 2. The minimum Gasteiger partial charge on any atom is -0.472 e. The molecule has 190 valence electrons. The van der Waals surface area contributed by atoms with Crippen LogP contribution in [0.4, 0.5) is 13.2 Å². The topological polar surface area (TPSA) is 102 Å². The summed E-state index contributed by atoms with van der Waals surface area (Å²) in [4.78, 5) is 33.8. The summed E-state index contributed by atoms with van der Waals surface area (Å²) in [5.41, 5.74) is 1.01. The summed E-state index contributed by atoms with van der Waals surface area (Å²) in [7, 11) is 1.47. The zero-order chi connectivity index (χ0) is 25.7. The van der Waals surface area contributed by atoms with Gasteiger partial charge in [0.05, 0.1) is 5.56 Å². The number of nitrogens with zero attached hydrogens (tertiary/aromatic N) is 3. The zero-order valence-electron chi connectivity index (χ0n) is 19.1. The Bertz CT molecular complexity index is 1190. The van der Waals surface area contributed by atoms with Gasteiger partial charge in [-0.1, -0.05) is 40.6 Å². The van der Waals surface area contributed by atoms with Crippen LogP contribution in [-0.2, 0) is 16.8 Å². The molecule has 1 aliphatic rings. The Morgan fingerprint density at radius 2 is 1.56 bits per heavy atom. The monoisotopic (exact) mass is 505 g/mol. The Balaban J connectivity index is 1.31. The van der Waals surface area contributed by atoms with E-state index in [9.17, 15) is 22.8 Å². The first kappa shape index (κ1) is 25.0. The number of carbonyl (C=O) groups is 2. The van der Waals surface area contributed by atoms with Crippen molar-refractivity contribution in [3.8, 4) is 11.6 Å². The standard InChI is InChI=1S/C24H22F3N3O6/c1-30-20(23(32)36-35-22(31)17-5-3-2-4-6-17)21(28-29-30)33-18-11-7-15(8-12-18)16-9-13-19(14-10-16)34-24(25,26)27/h2-6,9-10,13-15,18H,7-8,11-12H2,1H3. The van der Waals surface area contributed by atoms with Crippen LogP contribution >= 0.6 is 0 Å². The SMILES string of the molecule is Cn1nnc(OC2CCC(c3ccc(OC(F)(F)F)cc3)CC2)c1C(=O)OOC(=O)c1ccccc1. The molecule has 9 nitrogen and oxygen atoms in total. The average Bonchev–Trinajstić information content (AvgIpc) is 3.22. The van der Waals surface area contributed by atoms with E-state index in [0.717, 1.165) is 23.1 Å². The Labute approximate surface area is 203 Å². The molecule has 0 spiro atoms. The quantitative estimate of drug-likeness (QED) is 0.350. The summed E-state index contributed by atoms with van der Waals surface area (Å²) in [6, 6.07) is 13.9. The van der Waals surface area contributed by atoms with Crippen LogP contribution in [-0.4, -0.2) is 39.4 Å². The van der Waals surface area contributed by atoms with Crippen molar-refractivity contribution in [1.82, 2.24) is 15.0 Å². The van der Waals surface area contributed by atoms with Gasteiger partial charge in [-0.3, -0.25) is 0 Å². The van der Waals surface area contributed by atoms with Crippen molar-refractivity contribution < 1.29 is 42.0 Å². The highest BCUT2D eigenvalue weighted by atomic mass is 19.4. The average molecular weight is 505 g/mol. The van der Waals surface area contributed by atoms with Crippen molar-refractivity contribution >= 4 is 11.9 Å². The number of alkyl halides is 3. The van der Waals surface area contributed by atoms with Crippen LogP contribution in [0, 0.1) is 0 Å². The summed E-state index contributed by atoms with van der Waals surface area (Å²) < 4.78 is 48.0. The fourth-order valence-corrected chi connectivity index (χ4v) is 3.99. The van der Waals surface area contributed by atoms with Gasteiger partial charge in [-0.05, 0) is 61.4 Å². The lowest BCUT2D eigenvalue weighted by Crippen LogP contribution is -2.25. The van der Waals surface area contributed by atoms with E-state index in [2.05, 4.69) is 24.8 Å². The molecule has 1 fully saturated rings. The van der Waals surface area contributed by atoms with Crippen molar-refractivity contribution in [2.24, 2.45) is 7.05 Å². The molecule has 36 heavy (non-hydrogen) atoms. The third-order valence-electron chi connectivity index (χ3n) is 5.73. The molecule has 0 bridgehead atoms. The van der Waals surface area contributed by atoms with Gasteiger partial charge < -0.3 is 9.47 Å². The molecule has 1 saturated carbocycles. The van der Waals surface area contributed by atoms with E-state index in [-0.39, 0.29) is 34.9 Å². The second-order valence-electron chi connectivity index (χ2n) is 8.18. The number of benzene rings is 2. The van der Waals surface area contributed by atoms with Gasteiger partial charge in [0.15, 0.2) is 0 Å². The van der Waals surface area contributed by atoms with Crippen molar-refractivity contribution in [2.75, 3.05) is 0 Å². The second kappa shape index (κ2) is 10.7. The molecule has 3 aromatic rings. The van der Waals surface area contributed by atoms with Gasteiger partial charge in [0.2, 0.25) is 5.69 Å². The van der Waals surface area contributed by atoms with Gasteiger partial charge in [-0.25, -0.2) is 24.0 Å². The Morgan fingerprint density at radius 1 is 0.917 bits per heavy atom. The Kier molecular flexibility index (Phi) is 7.41. The molecule has 1 aliphatic carbocycles. The van der Waals surface area contributed by atoms with Crippen molar-refractivity contribution in [1.29, 1.82) is 0 Å². The number of hydrogen-bond donors (Lipinski definition) is 0. The predicted octanol–water partition coefficient (Wildman–Crippen LogP) is 4.75. The molecule has 1 aromatic heterocycles. The summed E-state index contributed by atoms with van der Waals surface area (Å²) in [5, 5.41) is 7.67. The molecule has 0 saturated heterocycles. The third-order valence-corrected chi connectivity index (χ3v) is 5.73. The molecule has 1 heterocycles. The van der Waals surface area contributed by atoms with Crippen LogP contribution in [0.5, 0.6) is 11.6 Å². The largest absolute Gasteiger partial charge is 0.573 e. The molecular weight excluding hydrogens is 483 g/mol. The number of aromatic nitrogens is 3. The third kappa shape index (κ3) is 6.32. The molecule has 0 unspecified atom stereocenters. The number of rotatable bonds is 6. The van der Waals surface area contributed by atoms with Crippen molar-refractivity contribution in [3.63, 3.8) is 0 Å². The van der Waals surface area contributed by atoms with E-state index in [0.29, 0.717) is 12.8 Å². The van der Waals surface area contributed by atoms with Crippen LogP contribution in [0.25, 0.3) is 0 Å². The van der Waals surface area contributed by atoms with E-state index in [1.54, 1.807) is 30.3 Å². The second-order valence-corrected chi connectivity index (χ2v) is 8.18. The fourth-order valence-electron chi connectivity index (χ4n) is 3.99. The van der Waals surface area contributed by atoms with Gasteiger partial charge in [0.1, 0.15) is 11.9 Å².